The highest BCUT2D eigenvalue weighted by Gasteiger charge is 2.46. The molecule has 0 aliphatic heterocycles. The standard InChI is InChI=1S/C25H16Br4N2/c26-15-3-5-17-18-6-4-16(27)12-20(18)25(19(17)11-15,13-1-7-23(30)21(28)9-13)14-2-8-24(31)22(29)10-14/h1-12H,30-31H2. The summed E-state index contributed by atoms with van der Waals surface area (Å²) in [5, 5.41) is 0. The molecule has 4 N–H and O–H groups in total. The van der Waals surface area contributed by atoms with Crippen LogP contribution >= 0.6 is 63.7 Å². The molecule has 0 saturated heterocycles. The maximum atomic E-state index is 6.16. The van der Waals surface area contributed by atoms with Crippen LogP contribution in [0.4, 0.5) is 11.4 Å². The summed E-state index contributed by atoms with van der Waals surface area (Å²) >= 11 is 14.7. The van der Waals surface area contributed by atoms with Crippen LogP contribution in [0.3, 0.4) is 0 Å². The van der Waals surface area contributed by atoms with E-state index in [1.165, 1.54) is 22.3 Å². The number of hydrogen-bond donors (Lipinski definition) is 2. The molecule has 6 heteroatoms. The fourth-order valence-corrected chi connectivity index (χ4v) is 6.06. The van der Waals surface area contributed by atoms with E-state index in [1.54, 1.807) is 0 Å². The molecule has 4 aromatic rings. The van der Waals surface area contributed by atoms with Crippen molar-refractivity contribution in [3.8, 4) is 11.1 Å². The summed E-state index contributed by atoms with van der Waals surface area (Å²) in [4.78, 5) is 0. The van der Waals surface area contributed by atoms with Gasteiger partial charge in [0.25, 0.3) is 0 Å². The van der Waals surface area contributed by atoms with Gasteiger partial charge in [0, 0.05) is 29.3 Å². The maximum absolute atomic E-state index is 6.16. The Labute approximate surface area is 214 Å². The summed E-state index contributed by atoms with van der Waals surface area (Å²) in [6.45, 7) is 0. The number of nitrogen functional groups attached to an aromatic ring is 2. The minimum absolute atomic E-state index is 0.537. The van der Waals surface area contributed by atoms with Gasteiger partial charge in [0.2, 0.25) is 0 Å². The van der Waals surface area contributed by atoms with Crippen molar-refractivity contribution in [1.82, 2.24) is 0 Å². The Kier molecular flexibility index (Phi) is 5.32. The third kappa shape index (κ3) is 3.22. The van der Waals surface area contributed by atoms with Gasteiger partial charge >= 0.3 is 0 Å². The Morgan fingerprint density at radius 2 is 0.935 bits per heavy atom. The van der Waals surface area contributed by atoms with Gasteiger partial charge in [0.1, 0.15) is 0 Å². The molecule has 2 nitrogen and oxygen atoms in total. The second-order valence-electron chi connectivity index (χ2n) is 7.60. The van der Waals surface area contributed by atoms with Gasteiger partial charge in [-0.1, -0.05) is 56.1 Å². The SMILES string of the molecule is Nc1ccc(C2(c3ccc(N)c(Br)c3)c3cc(Br)ccc3-c3ccc(Br)cc32)cc1Br. The predicted molar refractivity (Wildman–Crippen MR) is 143 cm³/mol. The van der Waals surface area contributed by atoms with Gasteiger partial charge in [-0.2, -0.15) is 0 Å². The molecule has 0 saturated carbocycles. The van der Waals surface area contributed by atoms with Crippen molar-refractivity contribution < 1.29 is 0 Å². The van der Waals surface area contributed by atoms with Crippen molar-refractivity contribution in [2.75, 3.05) is 11.5 Å². The smallest absolute Gasteiger partial charge is 0.0715 e. The molecule has 0 bridgehead atoms. The highest BCUT2D eigenvalue weighted by atomic mass is 79.9. The lowest BCUT2D eigenvalue weighted by Crippen LogP contribution is -2.29. The minimum Gasteiger partial charge on any atom is -0.398 e. The molecule has 1 aliphatic rings. The molecule has 0 aromatic heterocycles. The molecule has 1 aliphatic carbocycles. The van der Waals surface area contributed by atoms with E-state index in [9.17, 15) is 0 Å². The van der Waals surface area contributed by atoms with Crippen LogP contribution in [0.2, 0.25) is 0 Å². The van der Waals surface area contributed by atoms with Gasteiger partial charge in [0.05, 0.1) is 5.41 Å². The summed E-state index contributed by atoms with van der Waals surface area (Å²) < 4.78 is 3.82. The molecule has 154 valence electrons. The fourth-order valence-electron chi connectivity index (χ4n) is 4.58. The summed E-state index contributed by atoms with van der Waals surface area (Å²) in [7, 11) is 0. The van der Waals surface area contributed by atoms with Gasteiger partial charge in [-0.15, -0.1) is 0 Å². The average Bonchev–Trinajstić information content (AvgIpc) is 3.01. The first-order valence-corrected chi connectivity index (χ1v) is 12.7. The first kappa shape index (κ1) is 21.3. The van der Waals surface area contributed by atoms with E-state index in [0.717, 1.165) is 29.0 Å². The van der Waals surface area contributed by atoms with Gasteiger partial charge in [-0.3, -0.25) is 0 Å². The summed E-state index contributed by atoms with van der Waals surface area (Å²) in [6.07, 6.45) is 0. The number of halogens is 4. The van der Waals surface area contributed by atoms with Crippen molar-refractivity contribution >= 4 is 75.1 Å². The van der Waals surface area contributed by atoms with Crippen LogP contribution in [0, 0.1) is 0 Å². The number of anilines is 2. The molecular formula is C25H16Br4N2. The lowest BCUT2D eigenvalue weighted by atomic mass is 9.67. The molecule has 5 rings (SSSR count). The summed E-state index contributed by atoms with van der Waals surface area (Å²) in [5.74, 6) is 0. The Balaban J connectivity index is 2.00. The van der Waals surface area contributed by atoms with Crippen molar-refractivity contribution in [2.45, 2.75) is 5.41 Å². The molecular weight excluding hydrogens is 648 g/mol. The van der Waals surface area contributed by atoms with E-state index in [4.69, 9.17) is 11.5 Å². The highest BCUT2D eigenvalue weighted by Crippen LogP contribution is 2.57. The zero-order valence-electron chi connectivity index (χ0n) is 16.1. The molecule has 0 radical (unpaired) electrons. The second kappa shape index (κ2) is 7.77. The molecule has 0 unspecified atom stereocenters. The van der Waals surface area contributed by atoms with E-state index in [-0.39, 0.29) is 0 Å². The minimum atomic E-state index is -0.537. The molecule has 0 spiro atoms. The number of fused-ring (bicyclic) bond motifs is 3. The number of rotatable bonds is 2. The van der Waals surface area contributed by atoms with Gasteiger partial charge in [-0.05, 0) is 114 Å². The van der Waals surface area contributed by atoms with Crippen molar-refractivity contribution in [2.24, 2.45) is 0 Å². The predicted octanol–water partition coefficient (Wildman–Crippen LogP) is 8.26. The lowest BCUT2D eigenvalue weighted by molar-refractivity contribution is 0.766. The van der Waals surface area contributed by atoms with Crippen molar-refractivity contribution in [1.29, 1.82) is 0 Å². The Morgan fingerprint density at radius 3 is 1.32 bits per heavy atom. The third-order valence-corrected chi connectivity index (χ3v) is 8.29. The molecule has 0 fully saturated rings. The summed E-state index contributed by atoms with van der Waals surface area (Å²) in [6, 6.07) is 25.4. The first-order valence-electron chi connectivity index (χ1n) is 9.54. The molecule has 0 heterocycles. The van der Waals surface area contributed by atoms with Crippen LogP contribution < -0.4 is 11.5 Å². The van der Waals surface area contributed by atoms with Gasteiger partial charge in [0.15, 0.2) is 0 Å². The molecule has 4 aromatic carbocycles. The largest absolute Gasteiger partial charge is 0.398 e. The molecule has 31 heavy (non-hydrogen) atoms. The van der Waals surface area contributed by atoms with Crippen molar-refractivity contribution in [3.05, 3.63) is 113 Å². The van der Waals surface area contributed by atoms with Crippen LogP contribution in [0.25, 0.3) is 11.1 Å². The van der Waals surface area contributed by atoms with E-state index < -0.39 is 5.41 Å². The average molecular weight is 664 g/mol. The van der Waals surface area contributed by atoms with E-state index in [1.807, 2.05) is 12.1 Å². The van der Waals surface area contributed by atoms with Crippen molar-refractivity contribution in [3.63, 3.8) is 0 Å². The normalized spacial score (nSPS) is 13.7. The number of benzene rings is 4. The maximum Gasteiger partial charge on any atom is 0.0715 e. The van der Waals surface area contributed by atoms with Crippen LogP contribution in [0.5, 0.6) is 0 Å². The number of hydrogen-bond acceptors (Lipinski definition) is 2. The van der Waals surface area contributed by atoms with Gasteiger partial charge < -0.3 is 11.5 Å². The van der Waals surface area contributed by atoms with Crippen LogP contribution in [0.15, 0.2) is 90.7 Å². The number of nitrogens with two attached hydrogens (primary N) is 2. The van der Waals surface area contributed by atoms with E-state index in [0.29, 0.717) is 11.4 Å². The molecule has 0 amide bonds. The topological polar surface area (TPSA) is 52.0 Å². The molecule has 0 atom stereocenters. The third-order valence-electron chi connectivity index (χ3n) is 5.93. The Morgan fingerprint density at radius 1 is 0.516 bits per heavy atom. The quantitative estimate of drug-likeness (QED) is 0.187. The summed E-state index contributed by atoms with van der Waals surface area (Å²) in [5.41, 5.74) is 20.3. The van der Waals surface area contributed by atoms with Gasteiger partial charge in [-0.25, -0.2) is 0 Å². The van der Waals surface area contributed by atoms with E-state index >= 15 is 0 Å². The zero-order chi connectivity index (χ0) is 21.9. The first-order chi connectivity index (χ1) is 14.8. The highest BCUT2D eigenvalue weighted by molar-refractivity contribution is 9.11. The Hall–Kier alpha value is -1.60. The monoisotopic (exact) mass is 660 g/mol. The second-order valence-corrected chi connectivity index (χ2v) is 11.1. The lowest BCUT2D eigenvalue weighted by Gasteiger charge is -2.34. The zero-order valence-corrected chi connectivity index (χ0v) is 22.4. The van der Waals surface area contributed by atoms with Crippen LogP contribution in [-0.2, 0) is 5.41 Å². The van der Waals surface area contributed by atoms with E-state index in [2.05, 4.69) is 124 Å². The van der Waals surface area contributed by atoms with Crippen LogP contribution in [-0.4, -0.2) is 0 Å². The van der Waals surface area contributed by atoms with Crippen LogP contribution in [0.1, 0.15) is 22.3 Å². The Bertz CT molecular complexity index is 1260. The fraction of sp³-hybridized carbons (Fsp3) is 0.0400.